The first-order valence-electron chi connectivity index (χ1n) is 10.1. The molecule has 2 aromatic rings. The van der Waals surface area contributed by atoms with Crippen molar-refractivity contribution in [2.45, 2.75) is 39.7 Å². The van der Waals surface area contributed by atoms with Crippen LogP contribution in [0.4, 0.5) is 0 Å². The summed E-state index contributed by atoms with van der Waals surface area (Å²) in [6, 6.07) is 2.31. The molecule has 10 nitrogen and oxygen atoms in total. The number of methoxy groups -OCH3 is 2. The van der Waals surface area contributed by atoms with Crippen LogP contribution in [0.5, 0.6) is 11.5 Å². The molecule has 0 aliphatic carbocycles. The Morgan fingerprint density at radius 1 is 1.16 bits per heavy atom. The lowest BCUT2D eigenvalue weighted by Gasteiger charge is -2.20. The molecule has 2 rings (SSSR count). The lowest BCUT2D eigenvalue weighted by molar-refractivity contribution is -0.143. The molecule has 0 unspecified atom stereocenters. The number of carboxylic acid groups (broad SMARTS) is 1. The molecule has 0 saturated carbocycles. The lowest BCUT2D eigenvalue weighted by atomic mass is 9.99. The molecule has 0 radical (unpaired) electrons. The highest BCUT2D eigenvalue weighted by molar-refractivity contribution is 5.91. The Balaban J connectivity index is 2.15. The van der Waals surface area contributed by atoms with Gasteiger partial charge in [0.2, 0.25) is 17.6 Å². The number of aryl methyl sites for hydroxylation is 1. The Morgan fingerprint density at radius 2 is 1.84 bits per heavy atom. The van der Waals surface area contributed by atoms with Crippen molar-refractivity contribution >= 4 is 28.8 Å². The van der Waals surface area contributed by atoms with Crippen LogP contribution in [0.1, 0.15) is 31.4 Å². The van der Waals surface area contributed by atoms with Crippen molar-refractivity contribution in [1.29, 1.82) is 0 Å². The highest BCUT2D eigenvalue weighted by atomic mass is 16.5. The summed E-state index contributed by atoms with van der Waals surface area (Å²) in [4.78, 5) is 48.3. The van der Waals surface area contributed by atoms with E-state index in [9.17, 15) is 24.3 Å². The molecule has 0 saturated heterocycles. The minimum atomic E-state index is -1.14. The van der Waals surface area contributed by atoms with Crippen LogP contribution in [0.25, 0.3) is 11.0 Å². The van der Waals surface area contributed by atoms with E-state index in [1.165, 1.54) is 14.2 Å². The molecule has 1 heterocycles. The summed E-state index contributed by atoms with van der Waals surface area (Å²) in [5, 5.41) is 14.6. The predicted molar refractivity (Wildman–Crippen MR) is 116 cm³/mol. The van der Waals surface area contributed by atoms with Crippen LogP contribution in [0, 0.1) is 12.8 Å². The summed E-state index contributed by atoms with van der Waals surface area (Å²) in [6.07, 6.45) is 0.261. The minimum absolute atomic E-state index is 0.144. The van der Waals surface area contributed by atoms with Gasteiger partial charge in [-0.2, -0.15) is 0 Å². The normalized spacial score (nSPS) is 12.7. The van der Waals surface area contributed by atoms with Gasteiger partial charge in [-0.1, -0.05) is 20.3 Å². The average molecular weight is 448 g/mol. The van der Waals surface area contributed by atoms with Gasteiger partial charge in [0, 0.05) is 5.39 Å². The molecule has 1 aromatic heterocycles. The van der Waals surface area contributed by atoms with E-state index in [0.717, 1.165) is 0 Å². The maximum Gasteiger partial charge on any atom is 0.340 e. The van der Waals surface area contributed by atoms with Crippen LogP contribution in [0.3, 0.4) is 0 Å². The van der Waals surface area contributed by atoms with Gasteiger partial charge in [-0.15, -0.1) is 0 Å². The molecule has 0 fully saturated rings. The highest BCUT2D eigenvalue weighted by Crippen LogP contribution is 2.36. The van der Waals surface area contributed by atoms with E-state index in [4.69, 9.17) is 13.9 Å². The third kappa shape index (κ3) is 5.37. The summed E-state index contributed by atoms with van der Waals surface area (Å²) in [6.45, 7) is 4.80. The smallest absolute Gasteiger partial charge is 0.340 e. The van der Waals surface area contributed by atoms with Crippen molar-refractivity contribution in [2.24, 2.45) is 5.92 Å². The number of benzene rings is 1. The zero-order valence-electron chi connectivity index (χ0n) is 18.7. The topological polar surface area (TPSA) is 144 Å². The molecule has 0 aliphatic heterocycles. The number of ether oxygens (including phenoxy) is 2. The number of carbonyl (C=O) groups is 3. The Morgan fingerprint density at radius 3 is 2.41 bits per heavy atom. The van der Waals surface area contributed by atoms with Crippen LogP contribution >= 0.6 is 0 Å². The second-order valence-electron chi connectivity index (χ2n) is 7.39. The quantitative estimate of drug-likeness (QED) is 0.463. The predicted octanol–water partition coefficient (Wildman–Crippen LogP) is 1.39. The monoisotopic (exact) mass is 448 g/mol. The van der Waals surface area contributed by atoms with Gasteiger partial charge in [-0.3, -0.25) is 9.59 Å². The molecule has 174 valence electrons. The molecular formula is C22H28N2O8. The van der Waals surface area contributed by atoms with Crippen molar-refractivity contribution in [3.05, 3.63) is 33.7 Å². The van der Waals surface area contributed by atoms with Crippen LogP contribution in [0.15, 0.2) is 21.3 Å². The van der Waals surface area contributed by atoms with Crippen molar-refractivity contribution in [3.63, 3.8) is 0 Å². The van der Waals surface area contributed by atoms with Crippen molar-refractivity contribution in [1.82, 2.24) is 10.6 Å². The van der Waals surface area contributed by atoms with E-state index in [2.05, 4.69) is 10.6 Å². The summed E-state index contributed by atoms with van der Waals surface area (Å²) < 4.78 is 15.9. The fraction of sp³-hybridized carbons (Fsp3) is 0.455. The van der Waals surface area contributed by atoms with Gasteiger partial charge < -0.3 is 29.6 Å². The van der Waals surface area contributed by atoms with Gasteiger partial charge in [0.15, 0.2) is 11.3 Å². The van der Waals surface area contributed by atoms with E-state index >= 15 is 0 Å². The fourth-order valence-electron chi connectivity index (χ4n) is 3.28. The van der Waals surface area contributed by atoms with Gasteiger partial charge in [0.25, 0.3) is 0 Å². The number of amides is 2. The highest BCUT2D eigenvalue weighted by Gasteiger charge is 2.25. The molecular weight excluding hydrogens is 420 g/mol. The SMILES string of the molecule is CC[C@@H](C)[C@H](NC(=O)CNC(=O)Cc1c(C)c2ccc(OC)c(OC)c2oc1=O)C(=O)O. The Labute approximate surface area is 184 Å². The molecule has 0 spiro atoms. The van der Waals surface area contributed by atoms with Gasteiger partial charge in [0.1, 0.15) is 6.04 Å². The lowest BCUT2D eigenvalue weighted by Crippen LogP contribution is -2.48. The second kappa shape index (κ2) is 10.7. The van der Waals surface area contributed by atoms with Crippen LogP contribution in [-0.4, -0.2) is 49.7 Å². The molecule has 2 atom stereocenters. The average Bonchev–Trinajstić information content (AvgIpc) is 2.77. The van der Waals surface area contributed by atoms with Crippen LogP contribution in [0.2, 0.25) is 0 Å². The third-order valence-corrected chi connectivity index (χ3v) is 5.38. The molecule has 0 bridgehead atoms. The maximum atomic E-state index is 12.5. The first kappa shape index (κ1) is 24.7. The first-order valence-corrected chi connectivity index (χ1v) is 10.1. The fourth-order valence-corrected chi connectivity index (χ4v) is 3.28. The molecule has 32 heavy (non-hydrogen) atoms. The largest absolute Gasteiger partial charge is 0.493 e. The van der Waals surface area contributed by atoms with E-state index in [1.54, 1.807) is 26.0 Å². The van der Waals surface area contributed by atoms with Gasteiger partial charge >= 0.3 is 11.6 Å². The minimum Gasteiger partial charge on any atom is -0.493 e. The van der Waals surface area contributed by atoms with E-state index in [1.807, 2.05) is 6.92 Å². The van der Waals surface area contributed by atoms with Crippen LogP contribution < -0.4 is 25.7 Å². The second-order valence-corrected chi connectivity index (χ2v) is 7.39. The first-order chi connectivity index (χ1) is 15.1. The van der Waals surface area contributed by atoms with E-state index < -0.39 is 36.0 Å². The standard InChI is InChI=1S/C22H28N2O8/c1-6-11(2)18(21(27)28)24-17(26)10-23-16(25)9-14-12(3)13-7-8-15(30-4)20(31-5)19(13)32-22(14)29/h7-8,11,18H,6,9-10H2,1-5H3,(H,23,25)(H,24,26)(H,27,28)/t11-,18+/m1/s1. The number of hydrogen-bond donors (Lipinski definition) is 3. The summed E-state index contributed by atoms with van der Waals surface area (Å²) in [7, 11) is 2.89. The Hall–Kier alpha value is -3.56. The number of carbonyl (C=O) groups excluding carboxylic acids is 2. The number of aliphatic carboxylic acids is 1. The number of carboxylic acids is 1. The van der Waals surface area contributed by atoms with Gasteiger partial charge in [0.05, 0.1) is 32.7 Å². The molecule has 10 heteroatoms. The van der Waals surface area contributed by atoms with E-state index in [-0.39, 0.29) is 29.2 Å². The van der Waals surface area contributed by atoms with Gasteiger partial charge in [-0.25, -0.2) is 9.59 Å². The molecule has 1 aromatic carbocycles. The van der Waals surface area contributed by atoms with E-state index in [0.29, 0.717) is 23.1 Å². The molecule has 3 N–H and O–H groups in total. The van der Waals surface area contributed by atoms with Crippen molar-refractivity contribution in [3.8, 4) is 11.5 Å². The summed E-state index contributed by atoms with van der Waals surface area (Å²) in [5.74, 6) is -1.96. The van der Waals surface area contributed by atoms with Crippen LogP contribution in [-0.2, 0) is 20.8 Å². The maximum absolute atomic E-state index is 12.5. The van der Waals surface area contributed by atoms with Crippen molar-refractivity contribution in [2.75, 3.05) is 20.8 Å². The van der Waals surface area contributed by atoms with Gasteiger partial charge in [-0.05, 0) is 30.5 Å². The number of rotatable bonds is 10. The summed E-state index contributed by atoms with van der Waals surface area (Å²) >= 11 is 0. The Bertz CT molecular complexity index is 1080. The number of nitrogens with one attached hydrogen (secondary N) is 2. The van der Waals surface area contributed by atoms with Crippen molar-refractivity contribution < 1.29 is 33.4 Å². The summed E-state index contributed by atoms with van der Waals surface area (Å²) in [5.41, 5.74) is 0.191. The number of fused-ring (bicyclic) bond motifs is 1. The third-order valence-electron chi connectivity index (χ3n) is 5.38. The molecule has 0 aliphatic rings. The number of hydrogen-bond acceptors (Lipinski definition) is 7. The Kier molecular flexibility index (Phi) is 8.22. The zero-order valence-corrected chi connectivity index (χ0v) is 18.7. The molecule has 2 amide bonds. The zero-order chi connectivity index (χ0) is 24.0.